The van der Waals surface area contributed by atoms with Crippen LogP contribution >= 0.6 is 0 Å². The van der Waals surface area contributed by atoms with Crippen molar-refractivity contribution >= 4 is 5.91 Å². The summed E-state index contributed by atoms with van der Waals surface area (Å²) < 4.78 is 41.5. The van der Waals surface area contributed by atoms with Gasteiger partial charge in [0.25, 0.3) is 5.91 Å². The summed E-state index contributed by atoms with van der Waals surface area (Å²) in [5.41, 5.74) is -0.333. The number of nitrogens with zero attached hydrogens (tertiary/aromatic N) is 4. The van der Waals surface area contributed by atoms with E-state index >= 15 is 0 Å². The molecule has 3 rings (SSSR count). The summed E-state index contributed by atoms with van der Waals surface area (Å²) in [6.45, 7) is 1.11. The van der Waals surface area contributed by atoms with Crippen LogP contribution in [0.15, 0.2) is 55.2 Å². The summed E-state index contributed by atoms with van der Waals surface area (Å²) >= 11 is 0. The summed E-state index contributed by atoms with van der Waals surface area (Å²) in [6, 6.07) is 6.65. The lowest BCUT2D eigenvalue weighted by Crippen LogP contribution is -2.25. The van der Waals surface area contributed by atoms with Crippen LogP contribution in [-0.4, -0.2) is 31.8 Å². The van der Waals surface area contributed by atoms with E-state index in [0.29, 0.717) is 19.5 Å². The Morgan fingerprint density at radius 1 is 1.23 bits per heavy atom. The Hall–Kier alpha value is -3.10. The number of rotatable bonds is 6. The summed E-state index contributed by atoms with van der Waals surface area (Å²) in [6.07, 6.45) is 2.50. The molecule has 2 aromatic heterocycles. The van der Waals surface area contributed by atoms with E-state index in [1.165, 1.54) is 29.2 Å². The van der Waals surface area contributed by atoms with Crippen LogP contribution < -0.4 is 5.32 Å². The van der Waals surface area contributed by atoms with Gasteiger partial charge in [0.1, 0.15) is 12.0 Å². The fourth-order valence-corrected chi connectivity index (χ4v) is 2.39. The number of amides is 1. The molecule has 9 heteroatoms. The minimum Gasteiger partial charge on any atom is -0.351 e. The third-order valence-corrected chi connectivity index (χ3v) is 3.70. The maximum atomic E-state index is 12.8. The molecule has 2 heterocycles. The average Bonchev–Trinajstić information content (AvgIpc) is 3.29. The molecule has 0 aliphatic heterocycles. The second kappa shape index (κ2) is 7.42. The summed E-state index contributed by atoms with van der Waals surface area (Å²) in [7, 11) is 0. The molecule has 0 atom stereocenters. The fraction of sp³-hybridized carbons (Fsp3) is 0.235. The van der Waals surface area contributed by atoms with Crippen LogP contribution in [0.3, 0.4) is 0 Å². The van der Waals surface area contributed by atoms with E-state index in [1.807, 2.05) is 12.3 Å². The Balaban J connectivity index is 1.59. The number of benzene rings is 1. The molecule has 0 spiro atoms. The van der Waals surface area contributed by atoms with Crippen LogP contribution in [0.1, 0.15) is 22.5 Å². The van der Waals surface area contributed by atoms with Gasteiger partial charge in [-0.3, -0.25) is 9.48 Å². The molecule has 1 N–H and O–H groups in total. The van der Waals surface area contributed by atoms with Crippen molar-refractivity contribution < 1.29 is 18.0 Å². The van der Waals surface area contributed by atoms with E-state index in [1.54, 1.807) is 10.9 Å². The Morgan fingerprint density at radius 3 is 2.81 bits per heavy atom. The zero-order valence-electron chi connectivity index (χ0n) is 13.6. The molecular formula is C17H16F3N5O. The van der Waals surface area contributed by atoms with E-state index in [9.17, 15) is 18.0 Å². The molecule has 1 aromatic carbocycles. The zero-order valence-corrected chi connectivity index (χ0v) is 13.6. The molecule has 26 heavy (non-hydrogen) atoms. The second-order valence-corrected chi connectivity index (χ2v) is 5.59. The number of nitrogens with one attached hydrogen (secondary N) is 1. The molecule has 0 unspecified atom stereocenters. The SMILES string of the molecule is O=C(NCCCn1cccn1)c1cn(-c2cccc(C(F)(F)F)c2)cn1. The van der Waals surface area contributed by atoms with Crippen LogP contribution in [0.4, 0.5) is 13.2 Å². The maximum absolute atomic E-state index is 12.8. The monoisotopic (exact) mass is 363 g/mol. The smallest absolute Gasteiger partial charge is 0.351 e. The molecule has 0 aliphatic carbocycles. The molecule has 0 radical (unpaired) electrons. The summed E-state index contributed by atoms with van der Waals surface area (Å²) in [5.74, 6) is -0.379. The van der Waals surface area contributed by atoms with Gasteiger partial charge in [0, 0.05) is 37.4 Å². The first kappa shape index (κ1) is 17.7. The quantitative estimate of drug-likeness (QED) is 0.685. The van der Waals surface area contributed by atoms with Gasteiger partial charge in [0.15, 0.2) is 0 Å². The number of imidazole rings is 1. The number of halogens is 3. The molecule has 0 bridgehead atoms. The normalized spacial score (nSPS) is 11.5. The lowest BCUT2D eigenvalue weighted by Gasteiger charge is -2.08. The average molecular weight is 363 g/mol. The number of alkyl halides is 3. The number of aromatic nitrogens is 4. The molecule has 3 aromatic rings. The van der Waals surface area contributed by atoms with Crippen LogP contribution in [0, 0.1) is 0 Å². The predicted octanol–water partition coefficient (Wildman–Crippen LogP) is 2.91. The van der Waals surface area contributed by atoms with E-state index < -0.39 is 11.7 Å². The van der Waals surface area contributed by atoms with Crippen molar-refractivity contribution in [2.24, 2.45) is 0 Å². The van der Waals surface area contributed by atoms with Crippen LogP contribution in [0.25, 0.3) is 5.69 Å². The van der Waals surface area contributed by atoms with Crippen LogP contribution in [0.2, 0.25) is 0 Å². The molecule has 0 saturated heterocycles. The molecule has 0 fully saturated rings. The number of aryl methyl sites for hydroxylation is 1. The van der Waals surface area contributed by atoms with Gasteiger partial charge in [-0.05, 0) is 30.7 Å². The van der Waals surface area contributed by atoms with Crippen molar-refractivity contribution in [1.29, 1.82) is 0 Å². The second-order valence-electron chi connectivity index (χ2n) is 5.59. The lowest BCUT2D eigenvalue weighted by molar-refractivity contribution is -0.137. The first-order valence-corrected chi connectivity index (χ1v) is 7.91. The molecular weight excluding hydrogens is 347 g/mol. The highest BCUT2D eigenvalue weighted by Crippen LogP contribution is 2.30. The third-order valence-electron chi connectivity index (χ3n) is 3.70. The standard InChI is InChI=1S/C17H16F3N5O/c18-17(19,20)13-4-1-5-14(10-13)24-11-15(22-12-24)16(26)21-6-2-8-25-9-3-7-23-25/h1,3-5,7,9-12H,2,6,8H2,(H,21,26). The van der Waals surface area contributed by atoms with E-state index in [-0.39, 0.29) is 17.3 Å². The van der Waals surface area contributed by atoms with Gasteiger partial charge in [-0.1, -0.05) is 6.07 Å². The topological polar surface area (TPSA) is 64.7 Å². The third kappa shape index (κ3) is 4.29. The van der Waals surface area contributed by atoms with Gasteiger partial charge in [-0.15, -0.1) is 0 Å². The van der Waals surface area contributed by atoms with Gasteiger partial charge in [-0.2, -0.15) is 18.3 Å². The number of carbonyl (C=O) groups excluding carboxylic acids is 1. The summed E-state index contributed by atoms with van der Waals surface area (Å²) in [4.78, 5) is 16.1. The number of hydrogen-bond acceptors (Lipinski definition) is 3. The minimum absolute atomic E-state index is 0.140. The molecule has 136 valence electrons. The van der Waals surface area contributed by atoms with Gasteiger partial charge in [0.2, 0.25) is 0 Å². The highest BCUT2D eigenvalue weighted by Gasteiger charge is 2.30. The Bertz CT molecular complexity index is 871. The van der Waals surface area contributed by atoms with Crippen LogP contribution in [-0.2, 0) is 12.7 Å². The van der Waals surface area contributed by atoms with Crippen molar-refractivity contribution in [1.82, 2.24) is 24.6 Å². The van der Waals surface area contributed by atoms with Gasteiger partial charge < -0.3 is 9.88 Å². The Kier molecular flexibility index (Phi) is 5.06. The van der Waals surface area contributed by atoms with Crippen molar-refractivity contribution in [2.45, 2.75) is 19.1 Å². The van der Waals surface area contributed by atoms with Gasteiger partial charge in [-0.25, -0.2) is 4.98 Å². The lowest BCUT2D eigenvalue weighted by atomic mass is 10.2. The van der Waals surface area contributed by atoms with Crippen LogP contribution in [0.5, 0.6) is 0 Å². The molecule has 1 amide bonds. The molecule has 0 saturated carbocycles. The first-order chi connectivity index (χ1) is 12.4. The van der Waals surface area contributed by atoms with Crippen molar-refractivity contribution in [2.75, 3.05) is 6.54 Å². The van der Waals surface area contributed by atoms with Gasteiger partial charge in [0.05, 0.1) is 5.56 Å². The highest BCUT2D eigenvalue weighted by atomic mass is 19.4. The van der Waals surface area contributed by atoms with Gasteiger partial charge >= 0.3 is 6.18 Å². The minimum atomic E-state index is -4.43. The fourth-order valence-electron chi connectivity index (χ4n) is 2.39. The maximum Gasteiger partial charge on any atom is 0.416 e. The Labute approximate surface area is 147 Å². The number of hydrogen-bond donors (Lipinski definition) is 1. The molecule has 0 aliphatic rings. The predicted molar refractivity (Wildman–Crippen MR) is 87.7 cm³/mol. The highest BCUT2D eigenvalue weighted by molar-refractivity contribution is 5.92. The Morgan fingerprint density at radius 2 is 2.08 bits per heavy atom. The van der Waals surface area contributed by atoms with E-state index in [2.05, 4.69) is 15.4 Å². The van der Waals surface area contributed by atoms with E-state index in [4.69, 9.17) is 0 Å². The number of carbonyl (C=O) groups is 1. The zero-order chi connectivity index (χ0) is 18.6. The van der Waals surface area contributed by atoms with Crippen molar-refractivity contribution in [3.63, 3.8) is 0 Å². The van der Waals surface area contributed by atoms with Crippen molar-refractivity contribution in [3.05, 3.63) is 66.5 Å². The first-order valence-electron chi connectivity index (χ1n) is 7.91. The largest absolute Gasteiger partial charge is 0.416 e. The molecule has 6 nitrogen and oxygen atoms in total. The van der Waals surface area contributed by atoms with E-state index in [0.717, 1.165) is 12.1 Å². The summed E-state index contributed by atoms with van der Waals surface area (Å²) in [5, 5.41) is 6.79. The van der Waals surface area contributed by atoms with Crippen molar-refractivity contribution in [3.8, 4) is 5.69 Å².